The molecule has 0 atom stereocenters. The first-order chi connectivity index (χ1) is 8.78. The monoisotopic (exact) mass is 237 g/mol. The second kappa shape index (κ2) is 4.30. The fourth-order valence-electron chi connectivity index (χ4n) is 2.34. The lowest BCUT2D eigenvalue weighted by molar-refractivity contribution is 0.103. The number of carbonyl (C=O) groups is 1. The zero-order chi connectivity index (χ0) is 12.5. The molecular weight excluding hydrogens is 222 g/mol. The number of rotatable bonds is 2. The van der Waals surface area contributed by atoms with Crippen LogP contribution in [0.3, 0.4) is 0 Å². The van der Waals surface area contributed by atoms with E-state index in [9.17, 15) is 4.79 Å². The van der Waals surface area contributed by atoms with Crippen molar-refractivity contribution in [3.8, 4) is 0 Å². The van der Waals surface area contributed by atoms with Crippen LogP contribution < -0.4 is 0 Å². The van der Waals surface area contributed by atoms with E-state index in [1.807, 2.05) is 29.0 Å². The number of allylic oxidation sites excluding steroid dienone is 1. The van der Waals surface area contributed by atoms with E-state index in [2.05, 4.69) is 31.2 Å². The molecule has 18 heavy (non-hydrogen) atoms. The predicted octanol–water partition coefficient (Wildman–Crippen LogP) is 3.33. The van der Waals surface area contributed by atoms with E-state index in [-0.39, 0.29) is 5.78 Å². The molecule has 0 unspecified atom stereocenters. The highest BCUT2D eigenvalue weighted by molar-refractivity contribution is 6.12. The summed E-state index contributed by atoms with van der Waals surface area (Å²) in [6.07, 6.45) is 4.99. The minimum absolute atomic E-state index is 0.152. The maximum atomic E-state index is 12.1. The highest BCUT2D eigenvalue weighted by Crippen LogP contribution is 2.22. The number of carbonyl (C=O) groups excluding carboxylic acids is 1. The van der Waals surface area contributed by atoms with Crippen molar-refractivity contribution >= 4 is 11.9 Å². The molecule has 0 fully saturated rings. The summed E-state index contributed by atoms with van der Waals surface area (Å²) >= 11 is 0. The van der Waals surface area contributed by atoms with E-state index in [1.54, 1.807) is 0 Å². The molecule has 1 aromatic carbocycles. The predicted molar refractivity (Wildman–Crippen MR) is 72.6 cm³/mol. The van der Waals surface area contributed by atoms with Gasteiger partial charge in [0.1, 0.15) is 0 Å². The van der Waals surface area contributed by atoms with Gasteiger partial charge < -0.3 is 4.57 Å². The SMILES string of the molecule is CCc1ccc(/C=C2\Cn3cccc3C2=O)cc1. The second-order valence-corrected chi connectivity index (χ2v) is 4.62. The average Bonchev–Trinajstić information content (AvgIpc) is 2.95. The van der Waals surface area contributed by atoms with Crippen LogP contribution in [0.15, 0.2) is 48.2 Å². The molecule has 1 aliphatic rings. The number of hydrogen-bond donors (Lipinski definition) is 0. The quantitative estimate of drug-likeness (QED) is 0.734. The largest absolute Gasteiger partial charge is 0.340 e. The van der Waals surface area contributed by atoms with Gasteiger partial charge in [0.2, 0.25) is 5.78 Å². The molecule has 1 aromatic heterocycles. The summed E-state index contributed by atoms with van der Waals surface area (Å²) in [4.78, 5) is 12.1. The van der Waals surface area contributed by atoms with Gasteiger partial charge in [0.25, 0.3) is 0 Å². The molecule has 0 spiro atoms. The Bertz CT molecular complexity index is 617. The molecule has 0 aliphatic carbocycles. The van der Waals surface area contributed by atoms with Crippen LogP contribution in [0, 0.1) is 0 Å². The summed E-state index contributed by atoms with van der Waals surface area (Å²) in [6.45, 7) is 2.83. The van der Waals surface area contributed by atoms with Crippen LogP contribution in [-0.4, -0.2) is 10.4 Å². The third kappa shape index (κ3) is 1.80. The van der Waals surface area contributed by atoms with Crippen molar-refractivity contribution in [2.24, 2.45) is 0 Å². The molecule has 0 radical (unpaired) electrons. The Morgan fingerprint density at radius 2 is 2.00 bits per heavy atom. The molecule has 0 amide bonds. The second-order valence-electron chi connectivity index (χ2n) is 4.62. The molecule has 0 saturated carbocycles. The van der Waals surface area contributed by atoms with Crippen molar-refractivity contribution < 1.29 is 4.79 Å². The van der Waals surface area contributed by atoms with Gasteiger partial charge in [-0.3, -0.25) is 4.79 Å². The molecule has 90 valence electrons. The van der Waals surface area contributed by atoms with Crippen molar-refractivity contribution in [1.82, 2.24) is 4.57 Å². The lowest BCUT2D eigenvalue weighted by Gasteiger charge is -1.99. The van der Waals surface area contributed by atoms with Crippen molar-refractivity contribution in [2.75, 3.05) is 0 Å². The fraction of sp³-hybridized carbons (Fsp3) is 0.188. The van der Waals surface area contributed by atoms with Crippen LogP contribution in [-0.2, 0) is 13.0 Å². The van der Waals surface area contributed by atoms with Gasteiger partial charge in [-0.25, -0.2) is 0 Å². The first-order valence-electron chi connectivity index (χ1n) is 6.27. The van der Waals surface area contributed by atoms with Crippen LogP contribution in [0.1, 0.15) is 28.5 Å². The number of Topliss-reactive ketones (excluding diaryl/α,β-unsaturated/α-hetero) is 1. The van der Waals surface area contributed by atoms with Crippen LogP contribution in [0.2, 0.25) is 0 Å². The van der Waals surface area contributed by atoms with Gasteiger partial charge in [-0.05, 0) is 35.8 Å². The van der Waals surface area contributed by atoms with Crippen molar-refractivity contribution in [3.63, 3.8) is 0 Å². The molecule has 0 N–H and O–H groups in total. The standard InChI is InChI=1S/C16H15NO/c1-2-12-5-7-13(8-6-12)10-14-11-17-9-3-4-15(17)16(14)18/h3-10H,2,11H2,1H3/b14-10+. The Hall–Kier alpha value is -2.09. The van der Waals surface area contributed by atoms with Crippen molar-refractivity contribution in [1.29, 1.82) is 0 Å². The highest BCUT2D eigenvalue weighted by Gasteiger charge is 2.23. The molecule has 2 heteroatoms. The smallest absolute Gasteiger partial charge is 0.207 e. The number of aryl methyl sites for hydroxylation is 1. The van der Waals surface area contributed by atoms with Crippen LogP contribution in [0.4, 0.5) is 0 Å². The van der Waals surface area contributed by atoms with Gasteiger partial charge in [-0.2, -0.15) is 0 Å². The zero-order valence-corrected chi connectivity index (χ0v) is 10.4. The van der Waals surface area contributed by atoms with Gasteiger partial charge in [0.05, 0.1) is 12.2 Å². The lowest BCUT2D eigenvalue weighted by atomic mass is 10.1. The van der Waals surface area contributed by atoms with Crippen LogP contribution in [0.5, 0.6) is 0 Å². The Balaban J connectivity index is 1.89. The topological polar surface area (TPSA) is 22.0 Å². The van der Waals surface area contributed by atoms with Crippen molar-refractivity contribution in [2.45, 2.75) is 19.9 Å². The van der Waals surface area contributed by atoms with E-state index in [0.717, 1.165) is 23.3 Å². The number of benzene rings is 1. The summed E-state index contributed by atoms with van der Waals surface area (Å²) in [7, 11) is 0. The molecule has 0 bridgehead atoms. The van der Waals surface area contributed by atoms with E-state index in [4.69, 9.17) is 0 Å². The zero-order valence-electron chi connectivity index (χ0n) is 10.4. The molecule has 1 aliphatic heterocycles. The van der Waals surface area contributed by atoms with Gasteiger partial charge >= 0.3 is 0 Å². The molecule has 2 nitrogen and oxygen atoms in total. The molecule has 2 heterocycles. The first kappa shape index (κ1) is 11.0. The highest BCUT2D eigenvalue weighted by atomic mass is 16.1. The number of ketones is 1. The summed E-state index contributed by atoms with van der Waals surface area (Å²) in [5, 5.41) is 0. The first-order valence-corrected chi connectivity index (χ1v) is 6.27. The van der Waals surface area contributed by atoms with Gasteiger partial charge in [0, 0.05) is 11.8 Å². The lowest BCUT2D eigenvalue weighted by Crippen LogP contribution is -1.94. The van der Waals surface area contributed by atoms with E-state index < -0.39 is 0 Å². The maximum absolute atomic E-state index is 12.1. The minimum atomic E-state index is 0.152. The van der Waals surface area contributed by atoms with Gasteiger partial charge in [0.15, 0.2) is 0 Å². The normalized spacial score (nSPS) is 16.3. The fourth-order valence-corrected chi connectivity index (χ4v) is 2.34. The van der Waals surface area contributed by atoms with Crippen molar-refractivity contribution in [3.05, 3.63) is 65.0 Å². The van der Waals surface area contributed by atoms with Gasteiger partial charge in [-0.15, -0.1) is 0 Å². The minimum Gasteiger partial charge on any atom is -0.340 e. The summed E-state index contributed by atoms with van der Waals surface area (Å²) in [5.41, 5.74) is 4.09. The third-order valence-electron chi connectivity index (χ3n) is 3.42. The molecule has 2 aromatic rings. The number of nitrogens with zero attached hydrogens (tertiary/aromatic N) is 1. The van der Waals surface area contributed by atoms with Gasteiger partial charge in [-0.1, -0.05) is 31.2 Å². The Labute approximate surface area is 107 Å². The summed E-state index contributed by atoms with van der Waals surface area (Å²) in [5.74, 6) is 0.152. The van der Waals surface area contributed by atoms with E-state index >= 15 is 0 Å². The number of hydrogen-bond acceptors (Lipinski definition) is 1. The molecule has 3 rings (SSSR count). The molecular formula is C16H15NO. The third-order valence-corrected chi connectivity index (χ3v) is 3.42. The Kier molecular flexibility index (Phi) is 2.63. The summed E-state index contributed by atoms with van der Waals surface area (Å²) < 4.78 is 1.99. The maximum Gasteiger partial charge on any atom is 0.207 e. The summed E-state index contributed by atoms with van der Waals surface area (Å²) in [6, 6.07) is 12.2. The van der Waals surface area contributed by atoms with Crippen LogP contribution in [0.25, 0.3) is 6.08 Å². The Morgan fingerprint density at radius 3 is 2.67 bits per heavy atom. The number of fused-ring (bicyclic) bond motifs is 1. The molecule has 0 saturated heterocycles. The number of aromatic nitrogens is 1. The van der Waals surface area contributed by atoms with E-state index in [0.29, 0.717) is 6.54 Å². The Morgan fingerprint density at radius 1 is 1.22 bits per heavy atom. The van der Waals surface area contributed by atoms with E-state index in [1.165, 1.54) is 5.56 Å². The average molecular weight is 237 g/mol. The van der Waals surface area contributed by atoms with Crippen LogP contribution >= 0.6 is 0 Å².